The van der Waals surface area contributed by atoms with Crippen LogP contribution in [0.15, 0.2) is 42.6 Å². The summed E-state index contributed by atoms with van der Waals surface area (Å²) in [7, 11) is 0. The van der Waals surface area contributed by atoms with Crippen molar-refractivity contribution < 1.29 is 4.39 Å². The van der Waals surface area contributed by atoms with Crippen LogP contribution in [-0.2, 0) is 0 Å². The number of nitrogens with one attached hydrogen (secondary N) is 1. The van der Waals surface area contributed by atoms with E-state index in [1.165, 1.54) is 6.07 Å². The quantitative estimate of drug-likeness (QED) is 0.688. The van der Waals surface area contributed by atoms with Gasteiger partial charge in [-0.3, -0.25) is 4.98 Å². The predicted octanol–water partition coefficient (Wildman–Crippen LogP) is 4.32. The Labute approximate surface area is 122 Å². The minimum absolute atomic E-state index is 0.272. The van der Waals surface area contributed by atoms with Gasteiger partial charge in [0.2, 0.25) is 0 Å². The second-order valence-electron chi connectivity index (χ2n) is 5.18. The molecule has 0 amide bonds. The molecule has 0 atom stereocenters. The van der Waals surface area contributed by atoms with Crippen molar-refractivity contribution in [1.29, 1.82) is 0 Å². The van der Waals surface area contributed by atoms with E-state index in [1.54, 1.807) is 18.3 Å². The highest BCUT2D eigenvalue weighted by atomic mass is 19.1. The summed E-state index contributed by atoms with van der Waals surface area (Å²) in [5, 5.41) is 4.93. The summed E-state index contributed by atoms with van der Waals surface area (Å²) in [6.07, 6.45) is 1.75. The second-order valence-corrected chi connectivity index (χ2v) is 5.18. The number of nitrogen functional groups attached to an aromatic ring is 1. The van der Waals surface area contributed by atoms with Crippen LogP contribution in [0.1, 0.15) is 11.3 Å². The lowest BCUT2D eigenvalue weighted by atomic mass is 10.1. The fourth-order valence-corrected chi connectivity index (χ4v) is 2.34. The molecule has 2 aromatic carbocycles. The Morgan fingerprint density at radius 2 is 1.76 bits per heavy atom. The molecule has 0 aliphatic rings. The van der Waals surface area contributed by atoms with Crippen LogP contribution in [0, 0.1) is 19.7 Å². The summed E-state index contributed by atoms with van der Waals surface area (Å²) in [4.78, 5) is 4.26. The standard InChI is InChI=1S/C17H16FN3/c1-10-3-5-17(14(18)7-10)21-16-6-4-15(19)13-9-20-11(2)8-12(13)16/h3-9,21H,19H2,1-2H3. The summed E-state index contributed by atoms with van der Waals surface area (Å²) in [6.45, 7) is 3.78. The van der Waals surface area contributed by atoms with Gasteiger partial charge in [-0.15, -0.1) is 0 Å². The minimum atomic E-state index is -0.272. The second kappa shape index (κ2) is 5.05. The van der Waals surface area contributed by atoms with Crippen molar-refractivity contribution >= 4 is 27.8 Å². The van der Waals surface area contributed by atoms with Gasteiger partial charge in [0.1, 0.15) is 5.82 Å². The van der Waals surface area contributed by atoms with Crippen LogP contribution in [0.5, 0.6) is 0 Å². The average Bonchev–Trinajstić information content (AvgIpc) is 2.44. The van der Waals surface area contributed by atoms with Crippen molar-refractivity contribution in [3.63, 3.8) is 0 Å². The fraction of sp³-hybridized carbons (Fsp3) is 0.118. The van der Waals surface area contributed by atoms with Gasteiger partial charge in [-0.25, -0.2) is 4.39 Å². The molecule has 3 nitrogen and oxygen atoms in total. The van der Waals surface area contributed by atoms with Crippen LogP contribution in [0.4, 0.5) is 21.5 Å². The van der Waals surface area contributed by atoms with Gasteiger partial charge >= 0.3 is 0 Å². The van der Waals surface area contributed by atoms with E-state index in [4.69, 9.17) is 5.73 Å². The zero-order valence-corrected chi connectivity index (χ0v) is 11.9. The van der Waals surface area contributed by atoms with E-state index in [0.717, 1.165) is 27.7 Å². The van der Waals surface area contributed by atoms with Gasteiger partial charge in [0.05, 0.1) is 5.69 Å². The summed E-state index contributed by atoms with van der Waals surface area (Å²) < 4.78 is 14.0. The number of anilines is 3. The van der Waals surface area contributed by atoms with Crippen molar-refractivity contribution in [2.75, 3.05) is 11.1 Å². The lowest BCUT2D eigenvalue weighted by molar-refractivity contribution is 0.631. The van der Waals surface area contributed by atoms with E-state index in [1.807, 2.05) is 32.0 Å². The van der Waals surface area contributed by atoms with E-state index in [-0.39, 0.29) is 5.82 Å². The largest absolute Gasteiger partial charge is 0.398 e. The third-order valence-electron chi connectivity index (χ3n) is 3.47. The van der Waals surface area contributed by atoms with E-state index >= 15 is 0 Å². The first-order valence-corrected chi connectivity index (χ1v) is 6.72. The maximum atomic E-state index is 14.0. The molecule has 1 heterocycles. The van der Waals surface area contributed by atoms with Crippen molar-refractivity contribution in [2.24, 2.45) is 0 Å². The van der Waals surface area contributed by atoms with E-state index in [0.29, 0.717) is 11.4 Å². The summed E-state index contributed by atoms with van der Waals surface area (Å²) in [6, 6.07) is 10.7. The van der Waals surface area contributed by atoms with Crippen LogP contribution in [0.25, 0.3) is 10.8 Å². The molecule has 0 fully saturated rings. The molecule has 0 saturated carbocycles. The van der Waals surface area contributed by atoms with Crippen LogP contribution < -0.4 is 11.1 Å². The number of aromatic nitrogens is 1. The van der Waals surface area contributed by atoms with Gasteiger partial charge in [0.25, 0.3) is 0 Å². The van der Waals surface area contributed by atoms with Crippen molar-refractivity contribution in [3.05, 3.63) is 59.7 Å². The van der Waals surface area contributed by atoms with Crippen LogP contribution in [0.3, 0.4) is 0 Å². The molecule has 0 unspecified atom stereocenters. The van der Waals surface area contributed by atoms with E-state index < -0.39 is 0 Å². The van der Waals surface area contributed by atoms with Gasteiger partial charge in [-0.2, -0.15) is 0 Å². The molecule has 3 rings (SSSR count). The number of pyridine rings is 1. The number of nitrogens with two attached hydrogens (primary N) is 1. The van der Waals surface area contributed by atoms with Crippen LogP contribution >= 0.6 is 0 Å². The molecule has 4 heteroatoms. The molecule has 0 radical (unpaired) electrons. The topological polar surface area (TPSA) is 50.9 Å². The molecule has 0 saturated heterocycles. The number of benzene rings is 2. The van der Waals surface area contributed by atoms with Gasteiger partial charge < -0.3 is 11.1 Å². The summed E-state index contributed by atoms with van der Waals surface area (Å²) >= 11 is 0. The number of hydrogen-bond donors (Lipinski definition) is 2. The maximum absolute atomic E-state index is 14.0. The monoisotopic (exact) mass is 281 g/mol. The molecule has 3 aromatic rings. The smallest absolute Gasteiger partial charge is 0.146 e. The minimum Gasteiger partial charge on any atom is -0.398 e. The highest BCUT2D eigenvalue weighted by molar-refractivity contribution is 6.01. The maximum Gasteiger partial charge on any atom is 0.146 e. The molecule has 0 spiro atoms. The highest BCUT2D eigenvalue weighted by Gasteiger charge is 2.08. The Morgan fingerprint density at radius 1 is 1.00 bits per heavy atom. The Bertz CT molecular complexity index is 828. The molecule has 0 aliphatic heterocycles. The van der Waals surface area contributed by atoms with E-state index in [2.05, 4.69) is 10.3 Å². The first-order chi connectivity index (χ1) is 10.0. The molecule has 0 aliphatic carbocycles. The van der Waals surface area contributed by atoms with Crippen LogP contribution in [-0.4, -0.2) is 4.98 Å². The molecule has 21 heavy (non-hydrogen) atoms. The third kappa shape index (κ3) is 2.52. The Morgan fingerprint density at radius 3 is 2.52 bits per heavy atom. The number of halogens is 1. The molecular weight excluding hydrogens is 265 g/mol. The van der Waals surface area contributed by atoms with Crippen molar-refractivity contribution in [1.82, 2.24) is 4.98 Å². The average molecular weight is 281 g/mol. The Hall–Kier alpha value is -2.62. The van der Waals surface area contributed by atoms with Crippen molar-refractivity contribution in [3.8, 4) is 0 Å². The number of fused-ring (bicyclic) bond motifs is 1. The van der Waals surface area contributed by atoms with Gasteiger partial charge in [-0.1, -0.05) is 6.07 Å². The normalized spacial score (nSPS) is 10.8. The molecule has 0 bridgehead atoms. The highest BCUT2D eigenvalue weighted by Crippen LogP contribution is 2.31. The fourth-order valence-electron chi connectivity index (χ4n) is 2.34. The first kappa shape index (κ1) is 13.4. The Balaban J connectivity index is 2.12. The number of rotatable bonds is 2. The predicted molar refractivity (Wildman–Crippen MR) is 85.3 cm³/mol. The third-order valence-corrected chi connectivity index (χ3v) is 3.47. The number of nitrogens with zero attached hydrogens (tertiary/aromatic N) is 1. The van der Waals surface area contributed by atoms with Gasteiger partial charge in [0.15, 0.2) is 0 Å². The number of aryl methyl sites for hydroxylation is 2. The summed E-state index contributed by atoms with van der Waals surface area (Å²) in [5.41, 5.74) is 9.67. The zero-order valence-electron chi connectivity index (χ0n) is 11.9. The summed E-state index contributed by atoms with van der Waals surface area (Å²) in [5.74, 6) is -0.272. The van der Waals surface area contributed by atoms with Gasteiger partial charge in [0, 0.05) is 34.0 Å². The molecule has 1 aromatic heterocycles. The molecular formula is C17H16FN3. The van der Waals surface area contributed by atoms with E-state index in [9.17, 15) is 4.39 Å². The van der Waals surface area contributed by atoms with Crippen molar-refractivity contribution in [2.45, 2.75) is 13.8 Å². The first-order valence-electron chi connectivity index (χ1n) is 6.72. The SMILES string of the molecule is Cc1ccc(Nc2ccc(N)c3cnc(C)cc23)c(F)c1. The lowest BCUT2D eigenvalue weighted by Gasteiger charge is -2.12. The van der Waals surface area contributed by atoms with Crippen LogP contribution in [0.2, 0.25) is 0 Å². The zero-order chi connectivity index (χ0) is 15.0. The lowest BCUT2D eigenvalue weighted by Crippen LogP contribution is -1.97. The van der Waals surface area contributed by atoms with Gasteiger partial charge in [-0.05, 0) is 49.7 Å². The molecule has 3 N–H and O–H groups in total. The number of hydrogen-bond acceptors (Lipinski definition) is 3. The molecule has 106 valence electrons. The Kier molecular flexibility index (Phi) is 3.22.